The number of carbonyl (C=O) groups is 1. The van der Waals surface area contributed by atoms with Crippen LogP contribution < -0.4 is 10.1 Å². The molecule has 0 spiro atoms. The third-order valence-electron chi connectivity index (χ3n) is 3.88. The summed E-state index contributed by atoms with van der Waals surface area (Å²) in [5.41, 5.74) is 2.11. The fourth-order valence-corrected chi connectivity index (χ4v) is 2.90. The molecule has 2 aromatic heterocycles. The predicted molar refractivity (Wildman–Crippen MR) is 119 cm³/mol. The van der Waals surface area contributed by atoms with Crippen molar-refractivity contribution in [3.63, 3.8) is 0 Å². The van der Waals surface area contributed by atoms with E-state index in [9.17, 15) is 4.79 Å². The number of hydrogen-bond acceptors (Lipinski definition) is 5. The largest absolute Gasteiger partial charge is 0.491 e. The molecule has 0 aliphatic rings. The maximum absolute atomic E-state index is 12.4. The molecule has 3 rings (SSSR count). The van der Waals surface area contributed by atoms with E-state index in [1.165, 1.54) is 19.5 Å². The van der Waals surface area contributed by atoms with E-state index >= 15 is 0 Å². The van der Waals surface area contributed by atoms with Crippen LogP contribution in [0.15, 0.2) is 48.5 Å². The van der Waals surface area contributed by atoms with Crippen molar-refractivity contribution in [1.29, 1.82) is 0 Å². The number of aromatic nitrogens is 3. The molecule has 0 bridgehead atoms. The van der Waals surface area contributed by atoms with E-state index in [1.54, 1.807) is 30.4 Å². The Hall–Kier alpha value is -3.03. The average molecular weight is 447 g/mol. The lowest BCUT2D eigenvalue weighted by atomic mass is 10.2. The maximum atomic E-state index is 12.4. The number of carbonyl (C=O) groups excluding carboxylic acids is 1. The number of allylic oxidation sites excluding steroid dienone is 2. The number of anilines is 1. The van der Waals surface area contributed by atoms with Crippen LogP contribution in [0.3, 0.4) is 0 Å². The SMILES string of the molecule is CO/C(=C/C=C/c1cc2cc(Cl)c(Cl)cc2[nH]1)C(=O)Nc1cnc(OC(C)C)nc1. The fourth-order valence-electron chi connectivity index (χ4n) is 2.56. The Morgan fingerprint density at radius 2 is 1.87 bits per heavy atom. The first kappa shape index (κ1) is 21.7. The van der Waals surface area contributed by atoms with Crippen LogP contribution in [-0.4, -0.2) is 34.1 Å². The Bertz CT molecular complexity index is 1070. The lowest BCUT2D eigenvalue weighted by Gasteiger charge is -2.09. The summed E-state index contributed by atoms with van der Waals surface area (Å²) in [6.07, 6.45) is 7.95. The molecule has 0 saturated carbocycles. The van der Waals surface area contributed by atoms with Crippen LogP contribution in [0.1, 0.15) is 19.5 Å². The van der Waals surface area contributed by atoms with Crippen molar-refractivity contribution in [3.8, 4) is 6.01 Å². The summed E-state index contributed by atoms with van der Waals surface area (Å²) in [7, 11) is 1.42. The van der Waals surface area contributed by atoms with E-state index in [4.69, 9.17) is 32.7 Å². The smallest absolute Gasteiger partial charge is 0.316 e. The van der Waals surface area contributed by atoms with E-state index < -0.39 is 5.91 Å². The predicted octanol–water partition coefficient (Wildman–Crippen LogP) is 5.23. The van der Waals surface area contributed by atoms with E-state index in [0.717, 1.165) is 16.6 Å². The van der Waals surface area contributed by atoms with Crippen LogP contribution in [0, 0.1) is 0 Å². The summed E-state index contributed by atoms with van der Waals surface area (Å²) in [4.78, 5) is 23.7. The normalized spacial score (nSPS) is 12.0. The molecule has 0 saturated heterocycles. The van der Waals surface area contributed by atoms with Gasteiger partial charge in [-0.2, -0.15) is 0 Å². The molecule has 30 heavy (non-hydrogen) atoms. The van der Waals surface area contributed by atoms with Crippen molar-refractivity contribution < 1.29 is 14.3 Å². The van der Waals surface area contributed by atoms with Crippen molar-refractivity contribution in [3.05, 3.63) is 64.2 Å². The van der Waals surface area contributed by atoms with Gasteiger partial charge in [-0.25, -0.2) is 9.97 Å². The van der Waals surface area contributed by atoms with Crippen molar-refractivity contribution in [1.82, 2.24) is 15.0 Å². The second-order valence-corrected chi connectivity index (χ2v) is 7.36. The lowest BCUT2D eigenvalue weighted by molar-refractivity contribution is -0.115. The molecule has 2 N–H and O–H groups in total. The van der Waals surface area contributed by atoms with Gasteiger partial charge in [0, 0.05) is 16.6 Å². The zero-order chi connectivity index (χ0) is 21.7. The average Bonchev–Trinajstić information content (AvgIpc) is 3.08. The molecule has 1 amide bonds. The van der Waals surface area contributed by atoms with E-state index in [2.05, 4.69) is 20.3 Å². The highest BCUT2D eigenvalue weighted by molar-refractivity contribution is 6.42. The molecule has 9 heteroatoms. The minimum atomic E-state index is -0.432. The highest BCUT2D eigenvalue weighted by atomic mass is 35.5. The van der Waals surface area contributed by atoms with Gasteiger partial charge in [0.1, 0.15) is 0 Å². The molecule has 0 atom stereocenters. The first-order chi connectivity index (χ1) is 14.4. The van der Waals surface area contributed by atoms with Gasteiger partial charge >= 0.3 is 6.01 Å². The molecule has 3 aromatic rings. The Balaban J connectivity index is 1.68. The standard InChI is InChI=1S/C21H20Cl2N4O3/c1-12(2)30-21-24-10-15(11-25-21)27-20(28)19(29-3)6-4-5-14-7-13-8-16(22)17(23)9-18(13)26-14/h4-12,26H,1-3H3,(H,27,28)/b5-4+,19-6+. The van der Waals surface area contributed by atoms with Crippen LogP contribution in [0.25, 0.3) is 17.0 Å². The fraction of sp³-hybridized carbons (Fsp3) is 0.190. The van der Waals surface area contributed by atoms with Gasteiger partial charge in [-0.05, 0) is 44.2 Å². The monoisotopic (exact) mass is 446 g/mol. The minimum absolute atomic E-state index is 0.0357. The third kappa shape index (κ3) is 5.52. The van der Waals surface area contributed by atoms with Crippen molar-refractivity contribution in [2.45, 2.75) is 20.0 Å². The number of fused-ring (bicyclic) bond motifs is 1. The number of aromatic amines is 1. The van der Waals surface area contributed by atoms with Gasteiger partial charge in [-0.3, -0.25) is 4.79 Å². The van der Waals surface area contributed by atoms with Gasteiger partial charge in [-0.15, -0.1) is 0 Å². The zero-order valence-electron chi connectivity index (χ0n) is 16.6. The summed E-state index contributed by atoms with van der Waals surface area (Å²) in [5.74, 6) is -0.311. The van der Waals surface area contributed by atoms with Crippen LogP contribution in [0.5, 0.6) is 6.01 Å². The molecule has 0 fully saturated rings. The van der Waals surface area contributed by atoms with Crippen molar-refractivity contribution in [2.24, 2.45) is 0 Å². The zero-order valence-corrected chi connectivity index (χ0v) is 18.1. The quantitative estimate of drug-likeness (QED) is 0.294. The molecule has 0 unspecified atom stereocenters. The molecule has 0 aliphatic carbocycles. The summed E-state index contributed by atoms with van der Waals surface area (Å²) in [5, 5.41) is 4.57. The van der Waals surface area contributed by atoms with Crippen molar-refractivity contribution >= 4 is 51.8 Å². The van der Waals surface area contributed by atoms with Gasteiger partial charge in [-0.1, -0.05) is 29.3 Å². The van der Waals surface area contributed by atoms with Gasteiger partial charge < -0.3 is 19.8 Å². The van der Waals surface area contributed by atoms with Gasteiger partial charge in [0.15, 0.2) is 5.76 Å². The molecular formula is C21H20Cl2N4O3. The van der Waals surface area contributed by atoms with Crippen molar-refractivity contribution in [2.75, 3.05) is 12.4 Å². The van der Waals surface area contributed by atoms with Crippen LogP contribution in [-0.2, 0) is 9.53 Å². The molecule has 2 heterocycles. The van der Waals surface area contributed by atoms with Gasteiger partial charge in [0.25, 0.3) is 5.91 Å². The molecular weight excluding hydrogens is 427 g/mol. The first-order valence-corrected chi connectivity index (χ1v) is 9.81. The van der Waals surface area contributed by atoms with Crippen LogP contribution >= 0.6 is 23.2 Å². The van der Waals surface area contributed by atoms with Crippen LogP contribution in [0.2, 0.25) is 10.0 Å². The first-order valence-electron chi connectivity index (χ1n) is 9.06. The van der Waals surface area contributed by atoms with Crippen LogP contribution in [0.4, 0.5) is 5.69 Å². The summed E-state index contributed by atoms with van der Waals surface area (Å²) in [6, 6.07) is 5.72. The summed E-state index contributed by atoms with van der Waals surface area (Å²) >= 11 is 12.1. The molecule has 0 aliphatic heterocycles. The number of amides is 1. The summed E-state index contributed by atoms with van der Waals surface area (Å²) in [6.45, 7) is 3.75. The minimum Gasteiger partial charge on any atom is -0.491 e. The lowest BCUT2D eigenvalue weighted by Crippen LogP contribution is -2.16. The molecule has 7 nitrogen and oxygen atoms in total. The Labute approximate surface area is 183 Å². The Morgan fingerprint density at radius 1 is 1.17 bits per heavy atom. The third-order valence-corrected chi connectivity index (χ3v) is 4.60. The van der Waals surface area contributed by atoms with Gasteiger partial charge in [0.2, 0.25) is 0 Å². The Kier molecular flexibility index (Phi) is 6.97. The number of methoxy groups -OCH3 is 1. The maximum Gasteiger partial charge on any atom is 0.316 e. The molecule has 0 radical (unpaired) electrons. The number of nitrogens with zero attached hydrogens (tertiary/aromatic N) is 2. The number of benzene rings is 1. The topological polar surface area (TPSA) is 89.1 Å². The second-order valence-electron chi connectivity index (χ2n) is 6.55. The number of ether oxygens (including phenoxy) is 2. The number of halogens is 2. The molecule has 1 aromatic carbocycles. The van der Waals surface area contributed by atoms with E-state index in [-0.39, 0.29) is 17.9 Å². The highest BCUT2D eigenvalue weighted by Crippen LogP contribution is 2.28. The van der Waals surface area contributed by atoms with E-state index in [0.29, 0.717) is 15.7 Å². The van der Waals surface area contributed by atoms with Gasteiger partial charge in [0.05, 0.1) is 41.3 Å². The highest BCUT2D eigenvalue weighted by Gasteiger charge is 2.10. The number of rotatable bonds is 7. The number of H-pyrrole nitrogens is 1. The summed E-state index contributed by atoms with van der Waals surface area (Å²) < 4.78 is 10.6. The van der Waals surface area contributed by atoms with E-state index in [1.807, 2.05) is 19.9 Å². The second kappa shape index (κ2) is 9.65. The molecule has 156 valence electrons. The number of nitrogens with one attached hydrogen (secondary N) is 2. The number of hydrogen-bond donors (Lipinski definition) is 2. The Morgan fingerprint density at radius 3 is 2.53 bits per heavy atom.